The van der Waals surface area contributed by atoms with E-state index in [1.54, 1.807) is 19.2 Å². The topological polar surface area (TPSA) is 121 Å². The molecule has 3 aromatic rings. The van der Waals surface area contributed by atoms with Crippen LogP contribution < -0.4 is 9.46 Å². The highest BCUT2D eigenvalue weighted by molar-refractivity contribution is 7.87. The molecule has 1 atom stereocenters. The number of aromatic nitrogens is 1. The molecule has 3 aliphatic rings. The summed E-state index contributed by atoms with van der Waals surface area (Å²) in [5.41, 5.74) is 5.55. The molecule has 2 aromatic carbocycles. The fraction of sp³-hybridized carbons (Fsp3) is 0.529. The zero-order chi connectivity index (χ0) is 31.9. The van der Waals surface area contributed by atoms with Gasteiger partial charge in [-0.3, -0.25) is 9.59 Å². The quantitative estimate of drug-likeness (QED) is 0.399. The van der Waals surface area contributed by atoms with E-state index < -0.39 is 16.1 Å². The molecule has 242 valence electrons. The first kappa shape index (κ1) is 31.6. The monoisotopic (exact) mass is 636 g/mol. The van der Waals surface area contributed by atoms with Gasteiger partial charge < -0.3 is 19.3 Å². The Morgan fingerprint density at radius 2 is 1.76 bits per heavy atom. The molecule has 1 saturated carbocycles. The summed E-state index contributed by atoms with van der Waals surface area (Å²) in [6.45, 7) is 1.84. The smallest absolute Gasteiger partial charge is 0.303 e. The number of nitrogens with one attached hydrogen (secondary N) is 1. The molecule has 6 rings (SSSR count). The minimum absolute atomic E-state index is 0.0973. The number of piperidine rings is 1. The van der Waals surface area contributed by atoms with Crippen LogP contribution in [0, 0.1) is 11.8 Å². The Bertz CT molecular complexity index is 1700. The van der Waals surface area contributed by atoms with Gasteiger partial charge in [0.15, 0.2) is 0 Å². The lowest BCUT2D eigenvalue weighted by Crippen LogP contribution is -2.43. The third-order valence-corrected chi connectivity index (χ3v) is 11.5. The van der Waals surface area contributed by atoms with Crippen LogP contribution in [0.4, 0.5) is 0 Å². The molecule has 1 aliphatic carbocycles. The van der Waals surface area contributed by atoms with Crippen LogP contribution in [0.15, 0.2) is 36.4 Å². The molecule has 0 spiro atoms. The molecule has 0 bridgehead atoms. The minimum Gasteiger partial charge on any atom is -0.497 e. The second kappa shape index (κ2) is 12.8. The summed E-state index contributed by atoms with van der Waals surface area (Å²) in [5.74, 6) is 0.370. The highest BCUT2D eigenvalue weighted by atomic mass is 32.2. The number of methoxy groups -OCH3 is 1. The van der Waals surface area contributed by atoms with Gasteiger partial charge in [0.1, 0.15) is 5.75 Å². The number of aliphatic hydroxyl groups is 1. The maximum Gasteiger partial charge on any atom is 0.303 e. The number of hydrogen-bond acceptors (Lipinski definition) is 6. The zero-order valence-electron chi connectivity index (χ0n) is 26.4. The van der Waals surface area contributed by atoms with Crippen LogP contribution in [-0.2, 0) is 28.0 Å². The molecule has 0 radical (unpaired) electrons. The van der Waals surface area contributed by atoms with Gasteiger partial charge in [-0.2, -0.15) is 12.7 Å². The molecule has 1 unspecified atom stereocenters. The average molecular weight is 637 g/mol. The number of nitrogens with zero attached hydrogens (tertiary/aromatic N) is 3. The second-order valence-corrected chi connectivity index (χ2v) is 14.9. The summed E-state index contributed by atoms with van der Waals surface area (Å²) >= 11 is 0. The lowest BCUT2D eigenvalue weighted by Gasteiger charge is -2.33. The summed E-state index contributed by atoms with van der Waals surface area (Å²) < 4.78 is 36.0. The predicted molar refractivity (Wildman–Crippen MR) is 173 cm³/mol. The van der Waals surface area contributed by atoms with Gasteiger partial charge in [-0.05, 0) is 85.4 Å². The van der Waals surface area contributed by atoms with Crippen molar-refractivity contribution in [2.75, 3.05) is 40.9 Å². The van der Waals surface area contributed by atoms with Crippen molar-refractivity contribution in [2.24, 2.45) is 11.8 Å². The second-order valence-electron chi connectivity index (χ2n) is 13.0. The van der Waals surface area contributed by atoms with E-state index in [0.29, 0.717) is 32.0 Å². The largest absolute Gasteiger partial charge is 0.497 e. The number of benzene rings is 2. The minimum atomic E-state index is -3.97. The Morgan fingerprint density at radius 1 is 1.02 bits per heavy atom. The van der Waals surface area contributed by atoms with E-state index in [1.165, 1.54) is 26.1 Å². The number of ether oxygens (including phenoxy) is 1. The number of rotatable bonds is 7. The van der Waals surface area contributed by atoms with Crippen molar-refractivity contribution in [1.82, 2.24) is 18.5 Å². The highest BCUT2D eigenvalue weighted by Gasteiger charge is 2.36. The van der Waals surface area contributed by atoms with Gasteiger partial charge in [0.25, 0.3) is 5.91 Å². The van der Waals surface area contributed by atoms with Gasteiger partial charge in [-0.1, -0.05) is 25.3 Å². The van der Waals surface area contributed by atoms with Gasteiger partial charge in [0.2, 0.25) is 5.91 Å². The number of aliphatic hydroxyl groups excluding tert-OH is 1. The van der Waals surface area contributed by atoms with E-state index in [0.717, 1.165) is 76.3 Å². The maximum absolute atomic E-state index is 14.2. The Balaban J connectivity index is 1.51. The third-order valence-electron chi connectivity index (χ3n) is 10.1. The van der Waals surface area contributed by atoms with Crippen molar-refractivity contribution in [3.8, 4) is 17.0 Å². The van der Waals surface area contributed by atoms with E-state index in [2.05, 4.69) is 21.4 Å². The lowest BCUT2D eigenvalue weighted by molar-refractivity contribution is -0.137. The van der Waals surface area contributed by atoms with Crippen molar-refractivity contribution in [3.63, 3.8) is 0 Å². The normalized spacial score (nSPS) is 19.7. The van der Waals surface area contributed by atoms with E-state index >= 15 is 0 Å². The van der Waals surface area contributed by atoms with Gasteiger partial charge in [0.05, 0.1) is 18.7 Å². The van der Waals surface area contributed by atoms with Gasteiger partial charge in [-0.25, -0.2) is 4.72 Å². The molecule has 2 fully saturated rings. The van der Waals surface area contributed by atoms with Gasteiger partial charge in [0, 0.05) is 62.4 Å². The van der Waals surface area contributed by atoms with Crippen LogP contribution in [0.3, 0.4) is 0 Å². The van der Waals surface area contributed by atoms with Crippen LogP contribution >= 0.6 is 0 Å². The van der Waals surface area contributed by atoms with Crippen molar-refractivity contribution in [3.05, 3.63) is 53.1 Å². The molecule has 2 amide bonds. The molecule has 1 aromatic heterocycles. The van der Waals surface area contributed by atoms with E-state index in [1.807, 2.05) is 17.0 Å². The standard InChI is InChI=1S/C34H44N4O6S/c1-36(2)45(42,43)35-33(40)24-9-11-29-30(19-24)38-20-26(34(41)37-15-13-22(21-39)14-16-37)17-25-18-27(44-3)10-12-28(25)32(38)31(29)23-7-5-4-6-8-23/h9-12,18-19,22-23,26,39H,4-8,13-17,20-21H2,1-3H3,(H,35,40). The van der Waals surface area contributed by atoms with Crippen molar-refractivity contribution in [1.29, 1.82) is 0 Å². The molecule has 2 aliphatic heterocycles. The van der Waals surface area contributed by atoms with E-state index in [4.69, 9.17) is 4.74 Å². The zero-order valence-corrected chi connectivity index (χ0v) is 27.2. The fourth-order valence-corrected chi connectivity index (χ4v) is 8.01. The predicted octanol–water partition coefficient (Wildman–Crippen LogP) is 4.30. The number of amides is 2. The van der Waals surface area contributed by atoms with Crippen LogP contribution in [0.25, 0.3) is 22.2 Å². The van der Waals surface area contributed by atoms with Crippen LogP contribution in [-0.4, -0.2) is 80.0 Å². The molecule has 10 nitrogen and oxygen atoms in total. The lowest BCUT2D eigenvalue weighted by atomic mass is 9.81. The SMILES string of the molecule is COc1ccc2c(c1)CC(C(=O)N1CCC(CO)CC1)Cn1c-2c(C2CCCCC2)c2ccc(C(=O)NS(=O)(=O)N(C)C)cc21. The molecule has 45 heavy (non-hydrogen) atoms. The van der Waals surface area contributed by atoms with Crippen LogP contribution in [0.2, 0.25) is 0 Å². The maximum atomic E-state index is 14.2. The van der Waals surface area contributed by atoms with Gasteiger partial charge >= 0.3 is 10.2 Å². The van der Waals surface area contributed by atoms with Crippen molar-refractivity contribution >= 4 is 32.9 Å². The Labute approximate surface area is 265 Å². The van der Waals surface area contributed by atoms with E-state index in [9.17, 15) is 23.1 Å². The number of fused-ring (bicyclic) bond motifs is 5. The van der Waals surface area contributed by atoms with Crippen molar-refractivity contribution in [2.45, 2.75) is 63.8 Å². The summed E-state index contributed by atoms with van der Waals surface area (Å²) in [6.07, 6.45) is 7.80. The Morgan fingerprint density at radius 3 is 2.42 bits per heavy atom. The van der Waals surface area contributed by atoms with Crippen LogP contribution in [0.5, 0.6) is 5.75 Å². The number of carbonyl (C=O) groups is 2. The summed E-state index contributed by atoms with van der Waals surface area (Å²) in [7, 11) is 0.429. The fourth-order valence-electron chi connectivity index (χ4n) is 7.48. The number of carbonyl (C=O) groups excluding carboxylic acids is 2. The molecule has 1 saturated heterocycles. The van der Waals surface area contributed by atoms with E-state index in [-0.39, 0.29) is 29.9 Å². The van der Waals surface area contributed by atoms with Gasteiger partial charge in [-0.15, -0.1) is 0 Å². The summed E-state index contributed by atoms with van der Waals surface area (Å²) in [4.78, 5) is 29.4. The third kappa shape index (κ3) is 6.09. The average Bonchev–Trinajstić information content (AvgIpc) is 3.26. The first-order valence-corrected chi connectivity index (χ1v) is 17.5. The molecule has 3 heterocycles. The van der Waals surface area contributed by atoms with Crippen molar-refractivity contribution < 1.29 is 27.9 Å². The first-order chi connectivity index (χ1) is 21.6. The van der Waals surface area contributed by atoms with Crippen LogP contribution in [0.1, 0.15) is 72.3 Å². The molecular formula is C34H44N4O6S. The summed E-state index contributed by atoms with van der Waals surface area (Å²) in [6, 6.07) is 11.6. The number of hydrogen-bond donors (Lipinski definition) is 2. The molecular weight excluding hydrogens is 592 g/mol. The Hall–Kier alpha value is -3.41. The molecule has 2 N–H and O–H groups in total. The summed E-state index contributed by atoms with van der Waals surface area (Å²) in [5, 5.41) is 10.7. The number of likely N-dealkylation sites (tertiary alicyclic amines) is 1. The first-order valence-electron chi connectivity index (χ1n) is 16.1. The highest BCUT2D eigenvalue weighted by Crippen LogP contribution is 2.47. The molecule has 11 heteroatoms. The Kier molecular flexibility index (Phi) is 8.96.